The molecular weight excluding hydrogens is 416 g/mol. The standard InChI is InChI=1S/C26H28N4O3/c1-17-6-4-8-20(12-17)25(31)28-21-14-23(26(32)33)24(27-15-21)29-10-11-30(19(3)16-29)22-9-5-7-18(2)13-22/h4-9,12-15,19H,10-11,16H2,1-3H3,(H,28,31)(H,32,33)/t19-/m1/s1. The number of hydrogen-bond donors (Lipinski definition) is 2. The summed E-state index contributed by atoms with van der Waals surface area (Å²) in [7, 11) is 0. The Morgan fingerprint density at radius 3 is 2.42 bits per heavy atom. The Hall–Kier alpha value is -3.87. The lowest BCUT2D eigenvalue weighted by Crippen LogP contribution is -2.52. The van der Waals surface area contributed by atoms with Crippen molar-refractivity contribution >= 4 is 29.1 Å². The van der Waals surface area contributed by atoms with E-state index in [2.05, 4.69) is 53.3 Å². The van der Waals surface area contributed by atoms with Crippen LogP contribution in [0.3, 0.4) is 0 Å². The lowest BCUT2D eigenvalue weighted by atomic mass is 10.1. The summed E-state index contributed by atoms with van der Waals surface area (Å²) in [5, 5.41) is 12.6. The average molecular weight is 445 g/mol. The zero-order valence-corrected chi connectivity index (χ0v) is 19.1. The van der Waals surface area contributed by atoms with E-state index in [1.165, 1.54) is 23.5 Å². The highest BCUT2D eigenvalue weighted by molar-refractivity contribution is 6.05. The molecule has 3 aromatic rings. The van der Waals surface area contributed by atoms with E-state index in [1.807, 2.05) is 24.0 Å². The summed E-state index contributed by atoms with van der Waals surface area (Å²) in [4.78, 5) is 33.4. The highest BCUT2D eigenvalue weighted by Gasteiger charge is 2.28. The lowest BCUT2D eigenvalue weighted by Gasteiger charge is -2.42. The third kappa shape index (κ3) is 4.98. The number of anilines is 3. The van der Waals surface area contributed by atoms with Gasteiger partial charge in [-0.05, 0) is 56.7 Å². The maximum Gasteiger partial charge on any atom is 0.339 e. The molecule has 4 rings (SSSR count). The normalized spacial score (nSPS) is 15.9. The largest absolute Gasteiger partial charge is 0.478 e. The second-order valence-electron chi connectivity index (χ2n) is 8.55. The molecule has 1 atom stereocenters. The number of rotatable bonds is 5. The number of aromatic nitrogens is 1. The molecular formula is C26H28N4O3. The van der Waals surface area contributed by atoms with Gasteiger partial charge in [-0.3, -0.25) is 4.79 Å². The Bertz CT molecular complexity index is 1190. The number of hydrogen-bond acceptors (Lipinski definition) is 5. The Morgan fingerprint density at radius 1 is 1.03 bits per heavy atom. The first-order valence-corrected chi connectivity index (χ1v) is 11.0. The summed E-state index contributed by atoms with van der Waals surface area (Å²) >= 11 is 0. The predicted molar refractivity (Wildman–Crippen MR) is 131 cm³/mol. The summed E-state index contributed by atoms with van der Waals surface area (Å²) in [5.41, 5.74) is 4.30. The van der Waals surface area contributed by atoms with Crippen molar-refractivity contribution in [2.24, 2.45) is 0 Å². The fourth-order valence-electron chi connectivity index (χ4n) is 4.27. The minimum Gasteiger partial charge on any atom is -0.478 e. The van der Waals surface area contributed by atoms with Crippen molar-refractivity contribution in [3.05, 3.63) is 83.0 Å². The van der Waals surface area contributed by atoms with Crippen molar-refractivity contribution in [2.45, 2.75) is 26.8 Å². The molecule has 0 spiro atoms. The molecule has 7 nitrogen and oxygen atoms in total. The van der Waals surface area contributed by atoms with E-state index in [0.717, 1.165) is 12.1 Å². The van der Waals surface area contributed by atoms with Crippen LogP contribution in [0.15, 0.2) is 60.8 Å². The Labute approximate surface area is 193 Å². The highest BCUT2D eigenvalue weighted by Crippen LogP contribution is 2.27. The zero-order valence-electron chi connectivity index (χ0n) is 19.1. The first-order chi connectivity index (χ1) is 15.8. The third-order valence-corrected chi connectivity index (χ3v) is 5.90. The Balaban J connectivity index is 1.52. The summed E-state index contributed by atoms with van der Waals surface area (Å²) in [5.74, 6) is -0.949. The van der Waals surface area contributed by atoms with Crippen molar-refractivity contribution in [3.8, 4) is 0 Å². The van der Waals surface area contributed by atoms with E-state index in [9.17, 15) is 14.7 Å². The van der Waals surface area contributed by atoms with Crippen molar-refractivity contribution in [1.82, 2.24) is 4.98 Å². The van der Waals surface area contributed by atoms with Crippen LogP contribution in [0, 0.1) is 13.8 Å². The van der Waals surface area contributed by atoms with Gasteiger partial charge in [-0.25, -0.2) is 9.78 Å². The molecule has 2 heterocycles. The Morgan fingerprint density at radius 2 is 1.76 bits per heavy atom. The minimum atomic E-state index is -1.07. The fourth-order valence-corrected chi connectivity index (χ4v) is 4.27. The van der Waals surface area contributed by atoms with Gasteiger partial charge in [-0.2, -0.15) is 0 Å². The molecule has 7 heteroatoms. The smallest absolute Gasteiger partial charge is 0.339 e. The minimum absolute atomic E-state index is 0.0771. The zero-order chi connectivity index (χ0) is 23.5. The first kappa shape index (κ1) is 22.3. The number of nitrogens with one attached hydrogen (secondary N) is 1. The molecule has 1 aliphatic rings. The lowest BCUT2D eigenvalue weighted by molar-refractivity contribution is 0.0696. The monoisotopic (exact) mass is 444 g/mol. The van der Waals surface area contributed by atoms with Crippen molar-refractivity contribution < 1.29 is 14.7 Å². The molecule has 2 aromatic carbocycles. The second kappa shape index (κ2) is 9.32. The van der Waals surface area contributed by atoms with Gasteiger partial charge in [0.25, 0.3) is 5.91 Å². The Kier molecular flexibility index (Phi) is 6.31. The van der Waals surface area contributed by atoms with Crippen LogP contribution in [-0.4, -0.2) is 47.6 Å². The van der Waals surface area contributed by atoms with Crippen molar-refractivity contribution in [2.75, 3.05) is 34.8 Å². The number of carbonyl (C=O) groups excluding carboxylic acids is 1. The summed E-state index contributed by atoms with van der Waals surface area (Å²) in [6.07, 6.45) is 1.52. The summed E-state index contributed by atoms with van der Waals surface area (Å²) < 4.78 is 0. The van der Waals surface area contributed by atoms with Gasteiger partial charge in [0.1, 0.15) is 11.4 Å². The second-order valence-corrected chi connectivity index (χ2v) is 8.55. The molecule has 1 fully saturated rings. The van der Waals surface area contributed by atoms with Crippen LogP contribution in [0.25, 0.3) is 0 Å². The number of carboxylic acids is 1. The van der Waals surface area contributed by atoms with Gasteiger partial charge in [-0.15, -0.1) is 0 Å². The summed E-state index contributed by atoms with van der Waals surface area (Å²) in [6.45, 7) is 8.18. The fraction of sp³-hybridized carbons (Fsp3) is 0.269. The van der Waals surface area contributed by atoms with Crippen LogP contribution in [0.1, 0.15) is 38.8 Å². The number of carbonyl (C=O) groups is 2. The molecule has 33 heavy (non-hydrogen) atoms. The molecule has 1 aliphatic heterocycles. The van der Waals surface area contributed by atoms with Crippen LogP contribution in [0.2, 0.25) is 0 Å². The number of nitrogens with zero attached hydrogens (tertiary/aromatic N) is 3. The van der Waals surface area contributed by atoms with Gasteiger partial charge < -0.3 is 20.2 Å². The van der Waals surface area contributed by atoms with Crippen LogP contribution in [0.5, 0.6) is 0 Å². The molecule has 2 N–H and O–H groups in total. The highest BCUT2D eigenvalue weighted by atomic mass is 16.4. The maximum absolute atomic E-state index is 12.6. The van der Waals surface area contributed by atoms with Gasteiger partial charge in [0, 0.05) is 36.9 Å². The van der Waals surface area contributed by atoms with E-state index in [-0.39, 0.29) is 17.5 Å². The molecule has 0 saturated carbocycles. The van der Waals surface area contributed by atoms with E-state index < -0.39 is 5.97 Å². The van der Waals surface area contributed by atoms with Gasteiger partial charge in [0.2, 0.25) is 0 Å². The number of carboxylic acid groups (broad SMARTS) is 1. The van der Waals surface area contributed by atoms with Gasteiger partial charge in [0.15, 0.2) is 0 Å². The predicted octanol–water partition coefficient (Wildman–Crippen LogP) is 4.36. The first-order valence-electron chi connectivity index (χ1n) is 11.0. The van der Waals surface area contributed by atoms with E-state index in [1.54, 1.807) is 12.1 Å². The van der Waals surface area contributed by atoms with Crippen LogP contribution in [-0.2, 0) is 0 Å². The van der Waals surface area contributed by atoms with Crippen molar-refractivity contribution in [3.63, 3.8) is 0 Å². The van der Waals surface area contributed by atoms with E-state index in [4.69, 9.17) is 0 Å². The number of aryl methyl sites for hydroxylation is 2. The average Bonchev–Trinajstić information content (AvgIpc) is 2.79. The topological polar surface area (TPSA) is 85.8 Å². The third-order valence-electron chi connectivity index (χ3n) is 5.90. The van der Waals surface area contributed by atoms with Gasteiger partial charge in [0.05, 0.1) is 11.9 Å². The van der Waals surface area contributed by atoms with Gasteiger partial charge >= 0.3 is 5.97 Å². The molecule has 0 bridgehead atoms. The number of benzene rings is 2. The molecule has 170 valence electrons. The number of pyridine rings is 1. The SMILES string of the molecule is Cc1cccc(C(=O)Nc2cnc(N3CCN(c4cccc(C)c4)[C@H](C)C3)c(C(=O)O)c2)c1. The quantitative estimate of drug-likeness (QED) is 0.608. The number of amides is 1. The van der Waals surface area contributed by atoms with Gasteiger partial charge in [-0.1, -0.05) is 29.8 Å². The van der Waals surface area contributed by atoms with Crippen LogP contribution < -0.4 is 15.1 Å². The molecule has 0 aliphatic carbocycles. The molecule has 1 amide bonds. The molecule has 1 saturated heterocycles. The van der Waals surface area contributed by atoms with Crippen LogP contribution in [0.4, 0.5) is 17.2 Å². The molecule has 0 radical (unpaired) electrons. The van der Waals surface area contributed by atoms with E-state index >= 15 is 0 Å². The number of piperazine rings is 1. The molecule has 0 unspecified atom stereocenters. The van der Waals surface area contributed by atoms with E-state index in [0.29, 0.717) is 30.2 Å². The van der Waals surface area contributed by atoms with Crippen LogP contribution >= 0.6 is 0 Å². The number of aromatic carboxylic acids is 1. The van der Waals surface area contributed by atoms with Crippen molar-refractivity contribution in [1.29, 1.82) is 0 Å². The summed E-state index contributed by atoms with van der Waals surface area (Å²) in [6, 6.07) is 17.3. The maximum atomic E-state index is 12.6. The molecule has 1 aromatic heterocycles.